The van der Waals surface area contributed by atoms with E-state index in [1.54, 1.807) is 6.07 Å². The quantitative estimate of drug-likeness (QED) is 0.389. The second-order valence-electron chi connectivity index (χ2n) is 7.86. The highest BCUT2D eigenvalue weighted by Gasteiger charge is 2.21. The first-order valence-corrected chi connectivity index (χ1v) is 11.4. The van der Waals surface area contributed by atoms with E-state index >= 15 is 0 Å². The van der Waals surface area contributed by atoms with E-state index in [4.69, 9.17) is 11.5 Å². The molecule has 3 rings (SSSR count). The van der Waals surface area contributed by atoms with E-state index in [0.717, 1.165) is 41.7 Å². The summed E-state index contributed by atoms with van der Waals surface area (Å²) in [7, 11) is 0. The monoisotopic (exact) mass is 456 g/mol. The van der Waals surface area contributed by atoms with Gasteiger partial charge < -0.3 is 21.9 Å². The standard InChI is InChI=1S/C23H28N4O4S/c24-20(28)17-13-19(32-21(17)27-23(25)31)15-11-9-14(10-12-15)5-4-8-18(22(29)30)26-16-6-2-1-3-7-16/h4-5,9-13,16,18,26H,1-3,6-8H2,(H2,24,28)(H,29,30)(H3,25,27,31). The largest absolute Gasteiger partial charge is 0.480 e. The van der Waals surface area contributed by atoms with Gasteiger partial charge in [-0.15, -0.1) is 11.3 Å². The predicted octanol–water partition coefficient (Wildman–Crippen LogP) is 3.78. The van der Waals surface area contributed by atoms with E-state index < -0.39 is 23.9 Å². The van der Waals surface area contributed by atoms with Crippen molar-refractivity contribution in [2.24, 2.45) is 11.5 Å². The maximum Gasteiger partial charge on any atom is 0.321 e. The summed E-state index contributed by atoms with van der Waals surface area (Å²) < 4.78 is 0. The predicted molar refractivity (Wildman–Crippen MR) is 127 cm³/mol. The Labute approximate surface area is 190 Å². The third kappa shape index (κ3) is 6.41. The molecule has 1 aromatic heterocycles. The van der Waals surface area contributed by atoms with Gasteiger partial charge in [0.1, 0.15) is 11.0 Å². The molecule has 1 saturated carbocycles. The van der Waals surface area contributed by atoms with Gasteiger partial charge in [-0.2, -0.15) is 0 Å². The van der Waals surface area contributed by atoms with Crippen molar-refractivity contribution in [3.05, 3.63) is 47.5 Å². The van der Waals surface area contributed by atoms with Crippen molar-refractivity contribution in [1.29, 1.82) is 0 Å². The van der Waals surface area contributed by atoms with Crippen LogP contribution in [0.25, 0.3) is 16.5 Å². The van der Waals surface area contributed by atoms with Gasteiger partial charge in [0.2, 0.25) is 0 Å². The number of carbonyl (C=O) groups is 3. The van der Waals surface area contributed by atoms with Gasteiger partial charge in [0.05, 0.1) is 5.56 Å². The molecule has 1 aliphatic carbocycles. The van der Waals surface area contributed by atoms with Crippen molar-refractivity contribution < 1.29 is 19.5 Å². The summed E-state index contributed by atoms with van der Waals surface area (Å²) in [6.45, 7) is 0. The lowest BCUT2D eigenvalue weighted by molar-refractivity contribution is -0.139. The van der Waals surface area contributed by atoms with Crippen molar-refractivity contribution in [3.8, 4) is 10.4 Å². The highest BCUT2D eigenvalue weighted by Crippen LogP contribution is 2.35. The van der Waals surface area contributed by atoms with E-state index in [1.165, 1.54) is 17.8 Å². The molecule has 1 aliphatic rings. The number of carboxylic acid groups (broad SMARTS) is 1. The number of carbonyl (C=O) groups excluding carboxylic acids is 2. The summed E-state index contributed by atoms with van der Waals surface area (Å²) in [5, 5.41) is 15.5. The van der Waals surface area contributed by atoms with Crippen LogP contribution >= 0.6 is 11.3 Å². The van der Waals surface area contributed by atoms with Crippen LogP contribution in [0.15, 0.2) is 36.4 Å². The average Bonchev–Trinajstić information content (AvgIpc) is 3.17. The molecule has 32 heavy (non-hydrogen) atoms. The molecule has 3 amide bonds. The van der Waals surface area contributed by atoms with Crippen LogP contribution < -0.4 is 22.1 Å². The van der Waals surface area contributed by atoms with Crippen LogP contribution in [-0.2, 0) is 4.79 Å². The molecule has 1 fully saturated rings. The molecular weight excluding hydrogens is 428 g/mol. The number of primary amides is 2. The van der Waals surface area contributed by atoms with E-state index in [0.29, 0.717) is 11.4 Å². The summed E-state index contributed by atoms with van der Waals surface area (Å²) in [4.78, 5) is 35.1. The molecule has 2 aromatic rings. The lowest BCUT2D eigenvalue weighted by Crippen LogP contribution is -2.43. The Morgan fingerprint density at radius 1 is 1.12 bits per heavy atom. The fourth-order valence-electron chi connectivity index (χ4n) is 3.81. The maximum atomic E-state index is 11.6. The van der Waals surface area contributed by atoms with E-state index in [1.807, 2.05) is 36.4 Å². The number of thiophene rings is 1. The molecule has 170 valence electrons. The molecule has 0 aliphatic heterocycles. The number of benzene rings is 1. The Morgan fingerprint density at radius 3 is 2.41 bits per heavy atom. The van der Waals surface area contributed by atoms with Crippen LogP contribution in [0.5, 0.6) is 0 Å². The van der Waals surface area contributed by atoms with Gasteiger partial charge in [-0.25, -0.2) is 4.79 Å². The summed E-state index contributed by atoms with van der Waals surface area (Å²) in [5.41, 5.74) is 12.5. The summed E-state index contributed by atoms with van der Waals surface area (Å²) in [6.07, 6.45) is 9.76. The first-order chi connectivity index (χ1) is 15.3. The number of nitrogens with two attached hydrogens (primary N) is 2. The topological polar surface area (TPSA) is 148 Å². The Morgan fingerprint density at radius 2 is 1.81 bits per heavy atom. The van der Waals surface area contributed by atoms with Crippen LogP contribution in [-0.4, -0.2) is 35.1 Å². The van der Waals surface area contributed by atoms with Crippen LogP contribution in [0.3, 0.4) is 0 Å². The normalized spacial score (nSPS) is 15.5. The van der Waals surface area contributed by atoms with Crippen molar-refractivity contribution in [2.45, 2.75) is 50.6 Å². The molecule has 1 unspecified atom stereocenters. The lowest BCUT2D eigenvalue weighted by Gasteiger charge is -2.26. The number of hydrogen-bond acceptors (Lipinski definition) is 5. The van der Waals surface area contributed by atoms with Crippen molar-refractivity contribution >= 4 is 40.3 Å². The van der Waals surface area contributed by atoms with Crippen LogP contribution in [0.1, 0.15) is 54.4 Å². The molecule has 1 atom stereocenters. The Hall–Kier alpha value is -3.17. The molecular formula is C23H28N4O4S. The zero-order chi connectivity index (χ0) is 23.1. The van der Waals surface area contributed by atoms with Crippen molar-refractivity contribution in [2.75, 3.05) is 5.32 Å². The number of aliphatic carboxylic acids is 1. The van der Waals surface area contributed by atoms with E-state index in [-0.39, 0.29) is 11.6 Å². The van der Waals surface area contributed by atoms with Crippen LogP contribution in [0.4, 0.5) is 9.80 Å². The van der Waals surface area contributed by atoms with E-state index in [2.05, 4.69) is 10.6 Å². The zero-order valence-corrected chi connectivity index (χ0v) is 18.5. The fourth-order valence-corrected chi connectivity index (χ4v) is 4.89. The van der Waals surface area contributed by atoms with Gasteiger partial charge in [0, 0.05) is 10.9 Å². The molecule has 0 radical (unpaired) electrons. The lowest BCUT2D eigenvalue weighted by atomic mass is 9.94. The SMILES string of the molecule is NC(=O)Nc1sc(-c2ccc(C=CCC(NC3CCCCC3)C(=O)O)cc2)cc1C(N)=O. The second kappa shape index (κ2) is 10.9. The average molecular weight is 457 g/mol. The minimum Gasteiger partial charge on any atom is -0.480 e. The van der Waals surface area contributed by atoms with Crippen LogP contribution in [0, 0.1) is 0 Å². The molecule has 0 spiro atoms. The molecule has 0 saturated heterocycles. The first kappa shape index (κ1) is 23.5. The third-order valence-electron chi connectivity index (χ3n) is 5.45. The second-order valence-corrected chi connectivity index (χ2v) is 8.91. The number of anilines is 1. The molecule has 8 nitrogen and oxygen atoms in total. The Kier molecular flexibility index (Phi) is 8.02. The molecule has 1 heterocycles. The first-order valence-electron chi connectivity index (χ1n) is 10.6. The van der Waals surface area contributed by atoms with Crippen LogP contribution in [0.2, 0.25) is 0 Å². The zero-order valence-electron chi connectivity index (χ0n) is 17.7. The maximum absolute atomic E-state index is 11.6. The third-order valence-corrected chi connectivity index (χ3v) is 6.55. The molecule has 7 N–H and O–H groups in total. The van der Waals surface area contributed by atoms with Gasteiger partial charge in [-0.3, -0.25) is 14.9 Å². The minimum atomic E-state index is -0.834. The molecule has 1 aromatic carbocycles. The number of hydrogen-bond donors (Lipinski definition) is 5. The number of rotatable bonds is 9. The van der Waals surface area contributed by atoms with Crippen molar-refractivity contribution in [1.82, 2.24) is 5.32 Å². The summed E-state index contributed by atoms with van der Waals surface area (Å²) >= 11 is 1.21. The summed E-state index contributed by atoms with van der Waals surface area (Å²) in [6, 6.07) is 8.13. The number of urea groups is 1. The highest BCUT2D eigenvalue weighted by molar-refractivity contribution is 7.20. The number of amides is 3. The number of carboxylic acids is 1. The number of nitrogens with one attached hydrogen (secondary N) is 2. The van der Waals surface area contributed by atoms with Gasteiger partial charge in [-0.05, 0) is 36.5 Å². The van der Waals surface area contributed by atoms with Gasteiger partial charge >= 0.3 is 12.0 Å². The Bertz CT molecular complexity index is 994. The molecule has 9 heteroatoms. The van der Waals surface area contributed by atoms with Gasteiger partial charge in [0.25, 0.3) is 5.91 Å². The van der Waals surface area contributed by atoms with Gasteiger partial charge in [0.15, 0.2) is 0 Å². The van der Waals surface area contributed by atoms with E-state index in [9.17, 15) is 19.5 Å². The highest BCUT2D eigenvalue weighted by atomic mass is 32.1. The summed E-state index contributed by atoms with van der Waals surface area (Å²) in [5.74, 6) is -1.48. The smallest absolute Gasteiger partial charge is 0.321 e. The van der Waals surface area contributed by atoms with Gasteiger partial charge in [-0.1, -0.05) is 55.7 Å². The van der Waals surface area contributed by atoms with Crippen molar-refractivity contribution in [3.63, 3.8) is 0 Å². The fraction of sp³-hybridized carbons (Fsp3) is 0.348. The Balaban J connectivity index is 1.65. The molecule has 0 bridgehead atoms. The minimum absolute atomic E-state index is 0.206.